The number of non-ortho nitro benzene ring substituents is 1. The van der Waals surface area contributed by atoms with Crippen molar-refractivity contribution in [2.24, 2.45) is 5.73 Å². The summed E-state index contributed by atoms with van der Waals surface area (Å²) >= 11 is 0. The summed E-state index contributed by atoms with van der Waals surface area (Å²) in [5.74, 6) is 0. The Morgan fingerprint density at radius 2 is 2.10 bits per heavy atom. The molecule has 5 nitrogen and oxygen atoms in total. The number of nitro benzene ring substituents is 1. The van der Waals surface area contributed by atoms with Gasteiger partial charge in [-0.2, -0.15) is 0 Å². The van der Waals surface area contributed by atoms with Crippen LogP contribution in [0.15, 0.2) is 30.3 Å². The van der Waals surface area contributed by atoms with E-state index in [9.17, 15) is 10.1 Å². The first kappa shape index (κ1) is 13.8. The van der Waals surface area contributed by atoms with Crippen LogP contribution in [-0.4, -0.2) is 9.49 Å². The number of fused-ring (bicyclic) bond motifs is 1. The Bertz CT molecular complexity index is 674. The van der Waals surface area contributed by atoms with Crippen molar-refractivity contribution in [1.29, 1.82) is 0 Å². The number of aryl methyl sites for hydroxylation is 1. The van der Waals surface area contributed by atoms with E-state index in [1.807, 2.05) is 12.1 Å². The van der Waals surface area contributed by atoms with Gasteiger partial charge in [0.05, 0.1) is 4.92 Å². The third-order valence-corrected chi connectivity index (χ3v) is 4.27. The van der Waals surface area contributed by atoms with E-state index in [1.165, 1.54) is 17.0 Å². The molecule has 1 unspecified atom stereocenters. The molecule has 1 atom stereocenters. The molecule has 1 heterocycles. The molecule has 1 aliphatic carbocycles. The highest BCUT2D eigenvalue weighted by atomic mass is 16.6. The number of aromatic nitrogens is 1. The van der Waals surface area contributed by atoms with Crippen LogP contribution in [0.5, 0.6) is 0 Å². The lowest BCUT2D eigenvalue weighted by Crippen LogP contribution is -2.18. The Balaban J connectivity index is 1.90. The molecule has 0 saturated heterocycles. The Kier molecular flexibility index (Phi) is 3.51. The summed E-state index contributed by atoms with van der Waals surface area (Å²) in [6.07, 6.45) is 3.23. The molecule has 0 saturated carbocycles. The fourth-order valence-corrected chi connectivity index (χ4v) is 3.13. The van der Waals surface area contributed by atoms with Crippen molar-refractivity contribution >= 4 is 5.69 Å². The molecule has 0 amide bonds. The third-order valence-electron chi connectivity index (χ3n) is 4.27. The molecule has 21 heavy (non-hydrogen) atoms. The standard InChI is InChI=1S/C16H19N3O2/c1-11-9-14-15(17)3-2-4-16(14)18(11)10-12-5-7-13(8-6-12)19(20)21/h5-9,15H,2-4,10,17H2,1H3. The molecule has 0 radical (unpaired) electrons. The molecule has 2 N–H and O–H groups in total. The van der Waals surface area contributed by atoms with Crippen molar-refractivity contribution in [2.75, 3.05) is 0 Å². The van der Waals surface area contributed by atoms with Crippen LogP contribution in [0.2, 0.25) is 0 Å². The molecular weight excluding hydrogens is 266 g/mol. The maximum atomic E-state index is 10.7. The van der Waals surface area contributed by atoms with Crippen molar-refractivity contribution in [3.8, 4) is 0 Å². The molecule has 110 valence electrons. The monoisotopic (exact) mass is 285 g/mol. The van der Waals surface area contributed by atoms with Gasteiger partial charge in [0.1, 0.15) is 0 Å². The van der Waals surface area contributed by atoms with Crippen LogP contribution in [0.25, 0.3) is 0 Å². The zero-order valence-electron chi connectivity index (χ0n) is 12.1. The second-order valence-corrected chi connectivity index (χ2v) is 5.70. The van der Waals surface area contributed by atoms with Crippen LogP contribution in [0.3, 0.4) is 0 Å². The lowest BCUT2D eigenvalue weighted by Gasteiger charge is -2.21. The summed E-state index contributed by atoms with van der Waals surface area (Å²) in [4.78, 5) is 10.3. The SMILES string of the molecule is Cc1cc2c(n1Cc1ccc([N+](=O)[O-])cc1)CCCC2N. The van der Waals surface area contributed by atoms with E-state index in [4.69, 9.17) is 5.73 Å². The fourth-order valence-electron chi connectivity index (χ4n) is 3.13. The minimum Gasteiger partial charge on any atom is -0.344 e. The van der Waals surface area contributed by atoms with Gasteiger partial charge in [-0.05, 0) is 43.4 Å². The van der Waals surface area contributed by atoms with Gasteiger partial charge in [-0.1, -0.05) is 12.1 Å². The average Bonchev–Trinajstić information content (AvgIpc) is 2.78. The Morgan fingerprint density at radius 1 is 1.38 bits per heavy atom. The van der Waals surface area contributed by atoms with Gasteiger partial charge in [-0.15, -0.1) is 0 Å². The smallest absolute Gasteiger partial charge is 0.269 e. The van der Waals surface area contributed by atoms with E-state index in [0.717, 1.165) is 31.4 Å². The summed E-state index contributed by atoms with van der Waals surface area (Å²) in [5, 5.41) is 10.7. The van der Waals surface area contributed by atoms with E-state index in [0.29, 0.717) is 0 Å². The molecule has 2 aromatic rings. The van der Waals surface area contributed by atoms with Gasteiger partial charge >= 0.3 is 0 Å². The zero-order valence-corrected chi connectivity index (χ0v) is 12.1. The normalized spacial score (nSPS) is 17.5. The van der Waals surface area contributed by atoms with E-state index >= 15 is 0 Å². The molecule has 1 aromatic carbocycles. The molecule has 1 aromatic heterocycles. The van der Waals surface area contributed by atoms with E-state index in [2.05, 4.69) is 17.6 Å². The lowest BCUT2D eigenvalue weighted by molar-refractivity contribution is -0.384. The van der Waals surface area contributed by atoms with E-state index < -0.39 is 0 Å². The summed E-state index contributed by atoms with van der Waals surface area (Å²) in [5.41, 5.74) is 11.2. The van der Waals surface area contributed by atoms with Crippen molar-refractivity contribution in [1.82, 2.24) is 4.57 Å². The summed E-state index contributed by atoms with van der Waals surface area (Å²) in [6.45, 7) is 2.84. The van der Waals surface area contributed by atoms with Crippen LogP contribution in [0.4, 0.5) is 5.69 Å². The van der Waals surface area contributed by atoms with Crippen LogP contribution in [0.1, 0.15) is 41.4 Å². The Labute approximate surface area is 123 Å². The largest absolute Gasteiger partial charge is 0.344 e. The predicted molar refractivity (Wildman–Crippen MR) is 81.2 cm³/mol. The van der Waals surface area contributed by atoms with Crippen molar-refractivity contribution in [3.63, 3.8) is 0 Å². The first-order valence-electron chi connectivity index (χ1n) is 7.24. The van der Waals surface area contributed by atoms with Gasteiger partial charge in [0, 0.05) is 36.1 Å². The number of nitrogens with two attached hydrogens (primary N) is 1. The maximum absolute atomic E-state index is 10.7. The second kappa shape index (κ2) is 5.33. The molecule has 3 rings (SSSR count). The lowest BCUT2D eigenvalue weighted by atomic mass is 9.93. The number of hydrogen-bond acceptors (Lipinski definition) is 3. The summed E-state index contributed by atoms with van der Waals surface area (Å²) in [7, 11) is 0. The van der Waals surface area contributed by atoms with Gasteiger partial charge in [0.25, 0.3) is 5.69 Å². The van der Waals surface area contributed by atoms with Crippen LogP contribution in [-0.2, 0) is 13.0 Å². The number of hydrogen-bond donors (Lipinski definition) is 1. The summed E-state index contributed by atoms with van der Waals surface area (Å²) < 4.78 is 2.29. The molecule has 0 spiro atoms. The van der Waals surface area contributed by atoms with Crippen molar-refractivity contribution in [2.45, 2.75) is 38.8 Å². The van der Waals surface area contributed by atoms with Crippen molar-refractivity contribution < 1.29 is 4.92 Å². The highest BCUT2D eigenvalue weighted by Gasteiger charge is 2.22. The molecule has 0 fully saturated rings. The zero-order chi connectivity index (χ0) is 15.0. The minimum absolute atomic E-state index is 0.132. The molecular formula is C16H19N3O2. The number of nitrogens with zero attached hydrogens (tertiary/aromatic N) is 2. The topological polar surface area (TPSA) is 74.1 Å². The van der Waals surface area contributed by atoms with Gasteiger partial charge < -0.3 is 10.3 Å². The quantitative estimate of drug-likeness (QED) is 0.695. The first-order valence-corrected chi connectivity index (χ1v) is 7.24. The highest BCUT2D eigenvalue weighted by molar-refractivity contribution is 5.36. The molecule has 0 bridgehead atoms. The van der Waals surface area contributed by atoms with Gasteiger partial charge in [0.15, 0.2) is 0 Å². The third kappa shape index (κ3) is 2.56. The Hall–Kier alpha value is -2.14. The Morgan fingerprint density at radius 3 is 2.76 bits per heavy atom. The molecule has 5 heteroatoms. The van der Waals surface area contributed by atoms with Gasteiger partial charge in [0.2, 0.25) is 0 Å². The predicted octanol–water partition coefficient (Wildman–Crippen LogP) is 3.09. The number of benzene rings is 1. The van der Waals surface area contributed by atoms with Gasteiger partial charge in [-0.25, -0.2) is 0 Å². The molecule has 1 aliphatic rings. The number of rotatable bonds is 3. The maximum Gasteiger partial charge on any atom is 0.269 e. The van der Waals surface area contributed by atoms with Crippen molar-refractivity contribution in [3.05, 3.63) is 63.0 Å². The van der Waals surface area contributed by atoms with Crippen LogP contribution < -0.4 is 5.73 Å². The second-order valence-electron chi connectivity index (χ2n) is 5.70. The van der Waals surface area contributed by atoms with Crippen LogP contribution >= 0.6 is 0 Å². The van der Waals surface area contributed by atoms with Crippen LogP contribution in [0, 0.1) is 17.0 Å². The summed E-state index contributed by atoms with van der Waals surface area (Å²) in [6, 6.07) is 9.11. The fraction of sp³-hybridized carbons (Fsp3) is 0.375. The van der Waals surface area contributed by atoms with E-state index in [1.54, 1.807) is 12.1 Å². The minimum atomic E-state index is -0.369. The number of nitro groups is 1. The first-order chi connectivity index (χ1) is 10.1. The van der Waals surface area contributed by atoms with E-state index in [-0.39, 0.29) is 16.7 Å². The average molecular weight is 285 g/mol. The van der Waals surface area contributed by atoms with Gasteiger partial charge in [-0.3, -0.25) is 10.1 Å². The molecule has 0 aliphatic heterocycles. The highest BCUT2D eigenvalue weighted by Crippen LogP contribution is 2.31.